The van der Waals surface area contributed by atoms with Crippen LogP contribution in [0.2, 0.25) is 0 Å². The third-order valence-corrected chi connectivity index (χ3v) is 5.98. The van der Waals surface area contributed by atoms with Crippen LogP contribution in [-0.4, -0.2) is 12.4 Å². The van der Waals surface area contributed by atoms with Crippen molar-refractivity contribution in [3.8, 4) is 5.75 Å². The molecule has 2 heterocycles. The normalized spacial score (nSPS) is 27.1. The average Bonchev–Trinajstić information content (AvgIpc) is 2.55. The Balaban J connectivity index is 1.81. The monoisotopic (exact) mass is 294 g/mol. The van der Waals surface area contributed by atoms with Gasteiger partial charge in [0.25, 0.3) is 0 Å². The van der Waals surface area contributed by atoms with Gasteiger partial charge in [-0.05, 0) is 11.6 Å². The molecular formula is C19H18OS. The summed E-state index contributed by atoms with van der Waals surface area (Å²) in [5.41, 5.74) is 2.85. The summed E-state index contributed by atoms with van der Waals surface area (Å²) in [4.78, 5) is 1.40. The summed E-state index contributed by atoms with van der Waals surface area (Å²) in [6.07, 6.45) is 2.45. The highest BCUT2D eigenvalue weighted by molar-refractivity contribution is 8.08. The second-order valence-electron chi connectivity index (χ2n) is 6.14. The van der Waals surface area contributed by atoms with Gasteiger partial charge in [0.1, 0.15) is 5.75 Å². The van der Waals surface area contributed by atoms with Crippen molar-refractivity contribution < 1.29 is 4.74 Å². The summed E-state index contributed by atoms with van der Waals surface area (Å²) in [7, 11) is 0. The lowest BCUT2D eigenvalue weighted by atomic mass is 9.73. The zero-order valence-corrected chi connectivity index (χ0v) is 12.9. The number of hydrogen-bond acceptors (Lipinski definition) is 2. The number of benzene rings is 2. The summed E-state index contributed by atoms with van der Waals surface area (Å²) < 4.78 is 5.99. The molecule has 0 saturated carbocycles. The van der Waals surface area contributed by atoms with Crippen LogP contribution in [0, 0.1) is 5.41 Å². The molecule has 2 aliphatic heterocycles. The Morgan fingerprint density at radius 2 is 1.81 bits per heavy atom. The van der Waals surface area contributed by atoms with Crippen LogP contribution in [0.5, 0.6) is 5.75 Å². The summed E-state index contributed by atoms with van der Waals surface area (Å²) in [5, 5.41) is 0. The Bertz CT molecular complexity index is 692. The Kier molecular flexibility index (Phi) is 3.07. The molecule has 2 aliphatic rings. The van der Waals surface area contributed by atoms with E-state index in [0.29, 0.717) is 5.92 Å². The maximum Gasteiger partial charge on any atom is 0.123 e. The molecule has 0 bridgehead atoms. The molecule has 2 aromatic rings. The second-order valence-corrected chi connectivity index (χ2v) is 7.16. The lowest BCUT2D eigenvalue weighted by Crippen LogP contribution is -2.39. The third kappa shape index (κ3) is 2.18. The van der Waals surface area contributed by atoms with Gasteiger partial charge in [0, 0.05) is 27.6 Å². The number of rotatable bonds is 1. The van der Waals surface area contributed by atoms with Gasteiger partial charge in [-0.15, -0.1) is 11.8 Å². The SMILES string of the molecule is C[C@]12COc3ccccc3[C@@H]1C=C(c1ccccc1)SC2. The van der Waals surface area contributed by atoms with Crippen molar-refractivity contribution in [2.45, 2.75) is 12.8 Å². The first-order valence-corrected chi connectivity index (χ1v) is 8.37. The molecule has 2 atom stereocenters. The molecular weight excluding hydrogens is 276 g/mol. The quantitative estimate of drug-likeness (QED) is 0.735. The number of fused-ring (bicyclic) bond motifs is 3. The van der Waals surface area contributed by atoms with Gasteiger partial charge in [0.15, 0.2) is 0 Å². The van der Waals surface area contributed by atoms with Crippen LogP contribution < -0.4 is 4.74 Å². The second kappa shape index (κ2) is 4.96. The fourth-order valence-electron chi connectivity index (χ4n) is 3.22. The minimum Gasteiger partial charge on any atom is -0.493 e. The molecule has 0 radical (unpaired) electrons. The highest BCUT2D eigenvalue weighted by Crippen LogP contribution is 2.53. The third-order valence-electron chi connectivity index (χ3n) is 4.50. The van der Waals surface area contributed by atoms with Gasteiger partial charge in [0.2, 0.25) is 0 Å². The van der Waals surface area contributed by atoms with Crippen molar-refractivity contribution >= 4 is 16.7 Å². The molecule has 106 valence electrons. The van der Waals surface area contributed by atoms with Crippen molar-refractivity contribution in [1.82, 2.24) is 0 Å². The van der Waals surface area contributed by atoms with Crippen LogP contribution in [-0.2, 0) is 0 Å². The number of hydrogen-bond donors (Lipinski definition) is 0. The maximum absolute atomic E-state index is 5.99. The van der Waals surface area contributed by atoms with Crippen LogP contribution >= 0.6 is 11.8 Å². The van der Waals surface area contributed by atoms with Crippen molar-refractivity contribution in [2.24, 2.45) is 5.41 Å². The molecule has 0 amide bonds. The standard InChI is InChI=1S/C19H18OS/c1-19-12-20-17-10-6-5-9-15(17)16(19)11-18(21-13-19)14-7-3-2-4-8-14/h2-11,16H,12-13H2,1H3/t16-,19+/m0/s1. The fraction of sp³-hybridized carbons (Fsp3) is 0.263. The van der Waals surface area contributed by atoms with Crippen LogP contribution in [0.15, 0.2) is 60.7 Å². The number of thioether (sulfide) groups is 1. The van der Waals surface area contributed by atoms with Crippen molar-refractivity contribution in [2.75, 3.05) is 12.4 Å². The van der Waals surface area contributed by atoms with Gasteiger partial charge in [-0.3, -0.25) is 0 Å². The van der Waals surface area contributed by atoms with Gasteiger partial charge in [-0.25, -0.2) is 0 Å². The molecule has 0 spiro atoms. The summed E-state index contributed by atoms with van der Waals surface area (Å²) in [6, 6.07) is 19.2. The van der Waals surface area contributed by atoms with E-state index in [-0.39, 0.29) is 5.41 Å². The van der Waals surface area contributed by atoms with E-state index in [9.17, 15) is 0 Å². The van der Waals surface area contributed by atoms with Gasteiger partial charge in [0.05, 0.1) is 6.61 Å². The Morgan fingerprint density at radius 1 is 1.05 bits per heavy atom. The molecule has 4 rings (SSSR count). The van der Waals surface area contributed by atoms with Gasteiger partial charge >= 0.3 is 0 Å². The van der Waals surface area contributed by atoms with E-state index in [4.69, 9.17) is 4.74 Å². The largest absolute Gasteiger partial charge is 0.493 e. The predicted molar refractivity (Wildman–Crippen MR) is 89.7 cm³/mol. The van der Waals surface area contributed by atoms with Gasteiger partial charge in [-0.2, -0.15) is 0 Å². The molecule has 0 aromatic heterocycles. The first-order valence-electron chi connectivity index (χ1n) is 7.38. The topological polar surface area (TPSA) is 9.23 Å². The van der Waals surface area contributed by atoms with E-state index in [1.165, 1.54) is 16.0 Å². The molecule has 1 nitrogen and oxygen atoms in total. The van der Waals surface area contributed by atoms with Crippen LogP contribution in [0.4, 0.5) is 0 Å². The zero-order valence-electron chi connectivity index (χ0n) is 12.1. The van der Waals surface area contributed by atoms with Crippen LogP contribution in [0.3, 0.4) is 0 Å². The van der Waals surface area contributed by atoms with Crippen LogP contribution in [0.25, 0.3) is 4.91 Å². The lowest BCUT2D eigenvalue weighted by molar-refractivity contribution is 0.141. The Morgan fingerprint density at radius 3 is 2.67 bits per heavy atom. The van der Waals surface area contributed by atoms with E-state index >= 15 is 0 Å². The van der Waals surface area contributed by atoms with E-state index in [2.05, 4.69) is 67.6 Å². The summed E-state index contributed by atoms with van der Waals surface area (Å²) >= 11 is 1.96. The van der Waals surface area contributed by atoms with Crippen LogP contribution in [0.1, 0.15) is 24.0 Å². The van der Waals surface area contributed by atoms with Crippen molar-refractivity contribution in [3.63, 3.8) is 0 Å². The fourth-order valence-corrected chi connectivity index (χ4v) is 4.51. The highest BCUT2D eigenvalue weighted by Gasteiger charge is 2.42. The number of para-hydroxylation sites is 1. The molecule has 0 unspecified atom stereocenters. The van der Waals surface area contributed by atoms with Gasteiger partial charge < -0.3 is 4.74 Å². The van der Waals surface area contributed by atoms with Crippen molar-refractivity contribution in [1.29, 1.82) is 0 Å². The predicted octanol–water partition coefficient (Wildman–Crippen LogP) is 4.96. The smallest absolute Gasteiger partial charge is 0.123 e. The maximum atomic E-state index is 5.99. The van der Waals surface area contributed by atoms with E-state index in [1.54, 1.807) is 0 Å². The van der Waals surface area contributed by atoms with E-state index in [1.807, 2.05) is 11.8 Å². The lowest BCUT2D eigenvalue weighted by Gasteiger charge is -2.43. The van der Waals surface area contributed by atoms with Crippen molar-refractivity contribution in [3.05, 3.63) is 71.8 Å². The van der Waals surface area contributed by atoms with E-state index in [0.717, 1.165) is 18.1 Å². The summed E-state index contributed by atoms with van der Waals surface area (Å²) in [5.74, 6) is 2.60. The Hall–Kier alpha value is -1.67. The molecule has 2 heteroatoms. The Labute approximate surface area is 130 Å². The molecule has 0 saturated heterocycles. The first kappa shape index (κ1) is 13.0. The molecule has 0 aliphatic carbocycles. The number of ether oxygens (including phenoxy) is 1. The van der Waals surface area contributed by atoms with E-state index < -0.39 is 0 Å². The first-order chi connectivity index (χ1) is 10.3. The molecule has 0 N–H and O–H groups in total. The highest BCUT2D eigenvalue weighted by atomic mass is 32.2. The minimum atomic E-state index is 0.192. The number of allylic oxidation sites excluding steroid dienone is 1. The zero-order chi connectivity index (χ0) is 14.3. The van der Waals surface area contributed by atoms with Gasteiger partial charge in [-0.1, -0.05) is 61.5 Å². The average molecular weight is 294 g/mol. The minimum absolute atomic E-state index is 0.192. The molecule has 0 fully saturated rings. The molecule has 21 heavy (non-hydrogen) atoms. The molecule has 2 aromatic carbocycles. The summed E-state index contributed by atoms with van der Waals surface area (Å²) in [6.45, 7) is 3.15.